The molecule has 1 aromatic heterocycles. The number of carbonyl (C=O) groups excluding carboxylic acids is 2. The number of piperazine rings is 1. The molecule has 1 unspecified atom stereocenters. The lowest BCUT2D eigenvalue weighted by atomic mass is 10.1. The van der Waals surface area contributed by atoms with Crippen molar-refractivity contribution in [3.63, 3.8) is 0 Å². The lowest BCUT2D eigenvalue weighted by Crippen LogP contribution is -2.55. The molecule has 7 nitrogen and oxygen atoms in total. The van der Waals surface area contributed by atoms with Crippen LogP contribution in [0.3, 0.4) is 0 Å². The smallest absolute Gasteiger partial charge is 0.255 e. The average molecular weight is 601 g/mol. The van der Waals surface area contributed by atoms with Gasteiger partial charge in [-0.1, -0.05) is 76.9 Å². The van der Waals surface area contributed by atoms with Crippen molar-refractivity contribution in [1.82, 2.24) is 24.6 Å². The number of aromatic nitrogens is 3. The minimum atomic E-state index is -0.174. The van der Waals surface area contributed by atoms with Gasteiger partial charge in [-0.15, -0.1) is 10.2 Å². The molecule has 0 spiro atoms. The van der Waals surface area contributed by atoms with E-state index in [4.69, 9.17) is 34.8 Å². The topological polar surface area (TPSA) is 71.3 Å². The molecule has 4 aromatic rings. The zero-order valence-corrected chi connectivity index (χ0v) is 24.0. The second-order valence-corrected chi connectivity index (χ2v) is 11.3. The third-order valence-electron chi connectivity index (χ3n) is 6.49. The summed E-state index contributed by atoms with van der Waals surface area (Å²) in [5.41, 5.74) is 2.02. The van der Waals surface area contributed by atoms with E-state index in [-0.39, 0.29) is 23.6 Å². The molecule has 0 N–H and O–H groups in total. The molecule has 1 saturated heterocycles. The highest BCUT2D eigenvalue weighted by Gasteiger charge is 2.31. The number of nitrogens with zero attached hydrogens (tertiary/aromatic N) is 5. The Kier molecular flexibility index (Phi) is 8.47. The first-order valence-electron chi connectivity index (χ1n) is 12.3. The van der Waals surface area contributed by atoms with Gasteiger partial charge in [-0.05, 0) is 49.4 Å². The van der Waals surface area contributed by atoms with Crippen molar-refractivity contribution in [3.05, 3.63) is 93.4 Å². The predicted octanol–water partition coefficient (Wildman–Crippen LogP) is 6.36. The van der Waals surface area contributed by atoms with Crippen LogP contribution >= 0.6 is 46.6 Å². The molecule has 1 aliphatic rings. The molecular formula is C28H24Cl3N5O2S. The quantitative estimate of drug-likeness (QED) is 0.241. The summed E-state index contributed by atoms with van der Waals surface area (Å²) in [4.78, 5) is 29.9. The molecule has 200 valence electrons. The van der Waals surface area contributed by atoms with Gasteiger partial charge in [0, 0.05) is 41.9 Å². The number of halogens is 3. The molecule has 0 saturated carbocycles. The number of thioether (sulfide) groups is 1. The first kappa shape index (κ1) is 27.5. The fourth-order valence-electron chi connectivity index (χ4n) is 4.51. The summed E-state index contributed by atoms with van der Waals surface area (Å²) >= 11 is 20.0. The molecular weight excluding hydrogens is 577 g/mol. The van der Waals surface area contributed by atoms with E-state index >= 15 is 0 Å². The van der Waals surface area contributed by atoms with Crippen LogP contribution in [0.4, 0.5) is 0 Å². The number of amides is 2. The van der Waals surface area contributed by atoms with E-state index in [1.165, 1.54) is 11.8 Å². The molecule has 3 aromatic carbocycles. The number of rotatable bonds is 6. The maximum Gasteiger partial charge on any atom is 0.255 e. The molecule has 1 fully saturated rings. The van der Waals surface area contributed by atoms with Crippen LogP contribution in [0.25, 0.3) is 17.1 Å². The Hall–Kier alpha value is -3.04. The second-order valence-electron chi connectivity index (χ2n) is 9.06. The minimum Gasteiger partial charge on any atom is -0.338 e. The maximum atomic E-state index is 13.2. The molecule has 5 rings (SSSR count). The second kappa shape index (κ2) is 12.0. The van der Waals surface area contributed by atoms with E-state index in [2.05, 4.69) is 10.2 Å². The van der Waals surface area contributed by atoms with Gasteiger partial charge in [0.2, 0.25) is 5.91 Å². The molecule has 0 radical (unpaired) electrons. The number of carbonyl (C=O) groups is 2. The van der Waals surface area contributed by atoms with E-state index in [1.54, 1.807) is 28.0 Å². The van der Waals surface area contributed by atoms with Crippen LogP contribution in [0.5, 0.6) is 0 Å². The van der Waals surface area contributed by atoms with Crippen LogP contribution in [-0.4, -0.2) is 67.8 Å². The summed E-state index contributed by atoms with van der Waals surface area (Å²) in [5.74, 6) is 0.569. The van der Waals surface area contributed by atoms with E-state index in [0.29, 0.717) is 51.2 Å². The van der Waals surface area contributed by atoms with Crippen molar-refractivity contribution in [3.8, 4) is 17.1 Å². The summed E-state index contributed by atoms with van der Waals surface area (Å²) in [5, 5.41) is 10.8. The molecule has 1 atom stereocenters. The van der Waals surface area contributed by atoms with Gasteiger partial charge < -0.3 is 9.80 Å². The summed E-state index contributed by atoms with van der Waals surface area (Å²) in [6.07, 6.45) is 0. The largest absolute Gasteiger partial charge is 0.338 e. The van der Waals surface area contributed by atoms with Crippen molar-refractivity contribution in [2.75, 3.05) is 25.4 Å². The van der Waals surface area contributed by atoms with Gasteiger partial charge in [0.05, 0.1) is 21.4 Å². The minimum absolute atomic E-state index is 0.0367. The lowest BCUT2D eigenvalue weighted by Gasteiger charge is -2.40. The summed E-state index contributed by atoms with van der Waals surface area (Å²) in [6, 6.07) is 21.9. The van der Waals surface area contributed by atoms with Gasteiger partial charge in [0.25, 0.3) is 5.91 Å². The number of hydrogen-bond acceptors (Lipinski definition) is 5. The molecule has 2 heterocycles. The predicted molar refractivity (Wildman–Crippen MR) is 156 cm³/mol. The van der Waals surface area contributed by atoms with E-state index < -0.39 is 0 Å². The van der Waals surface area contributed by atoms with Crippen LogP contribution in [0, 0.1) is 0 Å². The van der Waals surface area contributed by atoms with Crippen molar-refractivity contribution in [2.24, 2.45) is 0 Å². The van der Waals surface area contributed by atoms with Gasteiger partial charge in [0.15, 0.2) is 11.0 Å². The average Bonchev–Trinajstić information content (AvgIpc) is 3.35. The molecule has 1 aliphatic heterocycles. The van der Waals surface area contributed by atoms with Crippen molar-refractivity contribution in [1.29, 1.82) is 0 Å². The first-order chi connectivity index (χ1) is 18.8. The van der Waals surface area contributed by atoms with Crippen LogP contribution in [0.2, 0.25) is 15.1 Å². The Morgan fingerprint density at radius 1 is 0.923 bits per heavy atom. The van der Waals surface area contributed by atoms with Gasteiger partial charge >= 0.3 is 0 Å². The van der Waals surface area contributed by atoms with Gasteiger partial charge in [-0.25, -0.2) is 0 Å². The Morgan fingerprint density at radius 3 is 2.38 bits per heavy atom. The fraction of sp³-hybridized carbons (Fsp3) is 0.214. The zero-order chi connectivity index (χ0) is 27.5. The number of para-hydroxylation sites is 1. The molecule has 0 bridgehead atoms. The highest BCUT2D eigenvalue weighted by molar-refractivity contribution is 7.99. The molecule has 39 heavy (non-hydrogen) atoms. The lowest BCUT2D eigenvalue weighted by molar-refractivity contribution is -0.130. The zero-order valence-electron chi connectivity index (χ0n) is 20.9. The number of benzene rings is 3. The van der Waals surface area contributed by atoms with Crippen molar-refractivity contribution < 1.29 is 9.59 Å². The fourth-order valence-corrected chi connectivity index (χ4v) is 6.08. The highest BCUT2D eigenvalue weighted by atomic mass is 35.5. The van der Waals surface area contributed by atoms with Crippen molar-refractivity contribution >= 4 is 58.4 Å². The summed E-state index contributed by atoms with van der Waals surface area (Å²) in [7, 11) is 0. The van der Waals surface area contributed by atoms with E-state index in [9.17, 15) is 9.59 Å². The summed E-state index contributed by atoms with van der Waals surface area (Å²) in [6.45, 7) is 3.19. The Morgan fingerprint density at radius 2 is 1.67 bits per heavy atom. The maximum absolute atomic E-state index is 13.2. The Balaban J connectivity index is 1.29. The molecule has 2 amide bonds. The van der Waals surface area contributed by atoms with Gasteiger partial charge in [-0.2, -0.15) is 0 Å². The highest BCUT2D eigenvalue weighted by Crippen LogP contribution is 2.32. The number of hydrogen-bond donors (Lipinski definition) is 0. The van der Waals surface area contributed by atoms with Gasteiger partial charge in [-0.3, -0.25) is 14.2 Å². The van der Waals surface area contributed by atoms with Crippen LogP contribution < -0.4 is 0 Å². The Bertz CT molecular complexity index is 1510. The van der Waals surface area contributed by atoms with Crippen LogP contribution in [-0.2, 0) is 4.79 Å². The monoisotopic (exact) mass is 599 g/mol. The SMILES string of the molecule is CC1CN(C(=O)CSc2nnc(-c3ccccc3Cl)n2-c2ccccc2)CCN1C(=O)c1ccc(Cl)cc1Cl. The summed E-state index contributed by atoms with van der Waals surface area (Å²) < 4.78 is 1.91. The van der Waals surface area contributed by atoms with E-state index in [1.807, 2.05) is 66.1 Å². The first-order valence-corrected chi connectivity index (χ1v) is 14.4. The normalized spacial score (nSPS) is 15.4. The third kappa shape index (κ3) is 5.94. The van der Waals surface area contributed by atoms with E-state index in [0.717, 1.165) is 11.3 Å². The van der Waals surface area contributed by atoms with Gasteiger partial charge in [0.1, 0.15) is 0 Å². The standard InChI is InChI=1S/C28H24Cl3N5O2S/c1-18-16-34(13-14-35(18)27(38)22-12-11-19(29)15-24(22)31)25(37)17-39-28-33-32-26(21-9-5-6-10-23(21)30)36(28)20-7-3-2-4-8-20/h2-12,15,18H,13-14,16-17H2,1H3. The third-order valence-corrected chi connectivity index (χ3v) is 8.28. The molecule has 0 aliphatic carbocycles. The van der Waals surface area contributed by atoms with Crippen LogP contribution in [0.1, 0.15) is 17.3 Å². The van der Waals surface area contributed by atoms with Crippen molar-refractivity contribution in [2.45, 2.75) is 18.1 Å². The van der Waals surface area contributed by atoms with Crippen LogP contribution in [0.15, 0.2) is 78.0 Å². The molecule has 11 heteroatoms. The Labute approximate surface area is 245 Å².